The predicted molar refractivity (Wildman–Crippen MR) is 121 cm³/mol. The molecule has 0 aliphatic rings. The lowest BCUT2D eigenvalue weighted by atomic mass is 10.0. The van der Waals surface area contributed by atoms with E-state index in [2.05, 4.69) is 32.6 Å². The van der Waals surface area contributed by atoms with Crippen molar-refractivity contribution in [1.82, 2.24) is 4.90 Å². The Morgan fingerprint density at radius 3 is 1.12 bits per heavy atom. The Morgan fingerprint density at radius 2 is 0.808 bits per heavy atom. The van der Waals surface area contributed by atoms with Gasteiger partial charge in [-0.25, -0.2) is 0 Å². The summed E-state index contributed by atoms with van der Waals surface area (Å²) in [5.74, 6) is 0. The molecule has 158 valence electrons. The van der Waals surface area contributed by atoms with E-state index in [4.69, 9.17) is 0 Å². The highest BCUT2D eigenvalue weighted by Crippen LogP contribution is 2.16. The van der Waals surface area contributed by atoms with Crippen molar-refractivity contribution in [3.63, 3.8) is 0 Å². The number of rotatable bonds is 21. The van der Waals surface area contributed by atoms with Crippen LogP contribution < -0.4 is 0 Å². The van der Waals surface area contributed by atoms with Gasteiger partial charge in [-0.05, 0) is 25.9 Å². The Bertz CT molecular complexity index is 247. The SMILES string of the molecule is CCCCCCCCCCCCCCCCCCC(CC)N(CC)CC. The van der Waals surface area contributed by atoms with Gasteiger partial charge in [0.1, 0.15) is 0 Å². The largest absolute Gasteiger partial charge is 0.301 e. The summed E-state index contributed by atoms with van der Waals surface area (Å²) in [6.45, 7) is 11.7. The fourth-order valence-corrected chi connectivity index (χ4v) is 4.31. The fraction of sp³-hybridized carbons (Fsp3) is 1.00. The van der Waals surface area contributed by atoms with Gasteiger partial charge in [-0.2, -0.15) is 0 Å². The quantitative estimate of drug-likeness (QED) is 0.183. The third-order valence-corrected chi connectivity index (χ3v) is 6.19. The van der Waals surface area contributed by atoms with Crippen molar-refractivity contribution in [2.75, 3.05) is 13.1 Å². The second-order valence-electron chi connectivity index (χ2n) is 8.38. The highest BCUT2D eigenvalue weighted by molar-refractivity contribution is 4.68. The van der Waals surface area contributed by atoms with E-state index in [1.54, 1.807) is 0 Å². The van der Waals surface area contributed by atoms with Crippen molar-refractivity contribution in [3.05, 3.63) is 0 Å². The number of unbranched alkanes of at least 4 members (excludes halogenated alkanes) is 15. The first kappa shape index (κ1) is 26.0. The maximum Gasteiger partial charge on any atom is 0.00924 e. The van der Waals surface area contributed by atoms with Gasteiger partial charge in [0.2, 0.25) is 0 Å². The first-order chi connectivity index (χ1) is 12.8. The molecule has 1 nitrogen and oxygen atoms in total. The lowest BCUT2D eigenvalue weighted by molar-refractivity contribution is 0.196. The van der Waals surface area contributed by atoms with Crippen LogP contribution in [-0.2, 0) is 0 Å². The summed E-state index contributed by atoms with van der Waals surface area (Å²) in [7, 11) is 0. The molecule has 0 heterocycles. The van der Waals surface area contributed by atoms with E-state index in [-0.39, 0.29) is 0 Å². The van der Waals surface area contributed by atoms with E-state index >= 15 is 0 Å². The average molecular weight is 368 g/mol. The zero-order chi connectivity index (χ0) is 19.3. The maximum absolute atomic E-state index is 2.64. The van der Waals surface area contributed by atoms with Crippen LogP contribution in [-0.4, -0.2) is 24.0 Å². The monoisotopic (exact) mass is 367 g/mol. The zero-order valence-corrected chi connectivity index (χ0v) is 19.2. The maximum atomic E-state index is 2.64. The van der Waals surface area contributed by atoms with Gasteiger partial charge >= 0.3 is 0 Å². The third kappa shape index (κ3) is 16.2. The number of nitrogens with zero attached hydrogens (tertiary/aromatic N) is 1. The van der Waals surface area contributed by atoms with Crippen molar-refractivity contribution in [2.24, 2.45) is 0 Å². The van der Waals surface area contributed by atoms with Crippen LogP contribution in [0.5, 0.6) is 0 Å². The molecule has 1 unspecified atom stereocenters. The highest BCUT2D eigenvalue weighted by atomic mass is 15.1. The van der Waals surface area contributed by atoms with Crippen molar-refractivity contribution >= 4 is 0 Å². The van der Waals surface area contributed by atoms with Gasteiger partial charge in [-0.3, -0.25) is 0 Å². The van der Waals surface area contributed by atoms with Crippen molar-refractivity contribution < 1.29 is 0 Å². The van der Waals surface area contributed by atoms with Gasteiger partial charge in [-0.15, -0.1) is 0 Å². The van der Waals surface area contributed by atoms with Crippen LogP contribution in [0.4, 0.5) is 0 Å². The molecule has 1 heteroatoms. The molecule has 0 radical (unpaired) electrons. The molecule has 0 N–H and O–H groups in total. The minimum Gasteiger partial charge on any atom is -0.301 e. The summed E-state index contributed by atoms with van der Waals surface area (Å²) in [4.78, 5) is 2.64. The van der Waals surface area contributed by atoms with E-state index in [1.165, 1.54) is 129 Å². The molecule has 0 rings (SSSR count). The van der Waals surface area contributed by atoms with Crippen LogP contribution in [0.3, 0.4) is 0 Å². The molecule has 1 atom stereocenters. The van der Waals surface area contributed by atoms with Gasteiger partial charge < -0.3 is 4.90 Å². The normalized spacial score (nSPS) is 12.8. The van der Waals surface area contributed by atoms with Crippen LogP contribution in [0, 0.1) is 0 Å². The molecule has 0 aliphatic carbocycles. The van der Waals surface area contributed by atoms with Crippen molar-refractivity contribution in [1.29, 1.82) is 0 Å². The zero-order valence-electron chi connectivity index (χ0n) is 19.2. The summed E-state index contributed by atoms with van der Waals surface area (Å²) < 4.78 is 0. The lowest BCUT2D eigenvalue weighted by Gasteiger charge is -2.28. The number of hydrogen-bond acceptors (Lipinski definition) is 1. The fourth-order valence-electron chi connectivity index (χ4n) is 4.31. The molecule has 0 bridgehead atoms. The third-order valence-electron chi connectivity index (χ3n) is 6.19. The molecule has 0 amide bonds. The lowest BCUT2D eigenvalue weighted by Crippen LogP contribution is -2.34. The highest BCUT2D eigenvalue weighted by Gasteiger charge is 2.12. The summed E-state index contributed by atoms with van der Waals surface area (Å²) in [5.41, 5.74) is 0. The van der Waals surface area contributed by atoms with Gasteiger partial charge in [0.15, 0.2) is 0 Å². The second-order valence-corrected chi connectivity index (χ2v) is 8.38. The molecule has 0 spiro atoms. The summed E-state index contributed by atoms with van der Waals surface area (Å²) in [6.07, 6.45) is 26.2. The molecule has 26 heavy (non-hydrogen) atoms. The van der Waals surface area contributed by atoms with Crippen LogP contribution in [0.25, 0.3) is 0 Å². The smallest absolute Gasteiger partial charge is 0.00924 e. The summed E-state index contributed by atoms with van der Waals surface area (Å²) in [6, 6.07) is 0.830. The Hall–Kier alpha value is -0.0400. The average Bonchev–Trinajstić information content (AvgIpc) is 2.66. The Balaban J connectivity index is 3.24. The molecule has 0 aromatic rings. The van der Waals surface area contributed by atoms with Crippen molar-refractivity contribution in [2.45, 2.75) is 149 Å². The second kappa shape index (κ2) is 21.3. The topological polar surface area (TPSA) is 3.24 Å². The van der Waals surface area contributed by atoms with Crippen LogP contribution in [0.2, 0.25) is 0 Å². The molecule has 0 aliphatic heterocycles. The minimum atomic E-state index is 0.830. The molecule has 0 aromatic carbocycles. The molecular formula is C25H53N. The van der Waals surface area contributed by atoms with Gasteiger partial charge in [-0.1, -0.05) is 130 Å². The minimum absolute atomic E-state index is 0.830. The van der Waals surface area contributed by atoms with E-state index < -0.39 is 0 Å². The number of hydrogen-bond donors (Lipinski definition) is 0. The van der Waals surface area contributed by atoms with Crippen LogP contribution in [0.15, 0.2) is 0 Å². The standard InChI is InChI=1S/C25H53N/c1-5-9-10-11-12-13-14-15-16-17-18-19-20-21-22-23-24-25(6-2)26(7-3)8-4/h25H,5-24H2,1-4H3. The first-order valence-electron chi connectivity index (χ1n) is 12.5. The molecule has 0 saturated heterocycles. The molecular weight excluding hydrogens is 314 g/mol. The van der Waals surface area contributed by atoms with E-state index in [1.807, 2.05) is 0 Å². The first-order valence-corrected chi connectivity index (χ1v) is 12.5. The van der Waals surface area contributed by atoms with E-state index in [9.17, 15) is 0 Å². The Morgan fingerprint density at radius 1 is 0.462 bits per heavy atom. The van der Waals surface area contributed by atoms with Crippen LogP contribution >= 0.6 is 0 Å². The van der Waals surface area contributed by atoms with Gasteiger partial charge in [0.05, 0.1) is 0 Å². The van der Waals surface area contributed by atoms with Crippen molar-refractivity contribution in [3.8, 4) is 0 Å². The summed E-state index contributed by atoms with van der Waals surface area (Å²) >= 11 is 0. The predicted octanol–water partition coefficient (Wildman–Crippen LogP) is 8.76. The Labute approximate surface area is 167 Å². The molecule has 0 saturated carbocycles. The Kier molecular flexibility index (Phi) is 21.2. The van der Waals surface area contributed by atoms with Gasteiger partial charge in [0.25, 0.3) is 0 Å². The molecule has 0 fully saturated rings. The molecule has 0 aromatic heterocycles. The van der Waals surface area contributed by atoms with Gasteiger partial charge in [0, 0.05) is 6.04 Å². The summed E-state index contributed by atoms with van der Waals surface area (Å²) in [5, 5.41) is 0. The van der Waals surface area contributed by atoms with E-state index in [0.717, 1.165) is 6.04 Å². The van der Waals surface area contributed by atoms with Crippen LogP contribution in [0.1, 0.15) is 143 Å². The van der Waals surface area contributed by atoms with E-state index in [0.29, 0.717) is 0 Å².